The third kappa shape index (κ3) is 23.3. The van der Waals surface area contributed by atoms with Crippen LogP contribution in [0.4, 0.5) is 10.6 Å². The van der Waals surface area contributed by atoms with E-state index < -0.39 is 59.2 Å². The molecule has 3 aliphatic rings. The number of nitrogens with one attached hydrogen (secondary N) is 3. The van der Waals surface area contributed by atoms with Crippen LogP contribution in [0.3, 0.4) is 0 Å². The van der Waals surface area contributed by atoms with Gasteiger partial charge in [0.25, 0.3) is 0 Å². The molecule has 9 atom stereocenters. The van der Waals surface area contributed by atoms with Gasteiger partial charge < -0.3 is 74.8 Å². The minimum absolute atomic E-state index is 0.0276. The highest BCUT2D eigenvalue weighted by Crippen LogP contribution is 2.60. The molecule has 0 radical (unpaired) electrons. The fourth-order valence-corrected chi connectivity index (χ4v) is 11.1. The zero-order chi connectivity index (χ0) is 53.8. The number of aliphatic hydroxyl groups excluding tert-OH is 2. The molecular weight excluding hydrogens is 1020 g/mol. The van der Waals surface area contributed by atoms with E-state index in [1.807, 2.05) is 11.8 Å². The van der Waals surface area contributed by atoms with Crippen LogP contribution in [0.15, 0.2) is 12.7 Å². The van der Waals surface area contributed by atoms with E-state index in [4.69, 9.17) is 29.4 Å². The second-order valence-electron chi connectivity index (χ2n) is 16.6. The number of carbonyl (C=O) groups is 3. The zero-order valence-corrected chi connectivity index (χ0v) is 45.5. The maximum Gasteiger partial charge on any atom is 0.538 e. The average molecular weight is 1100 g/mol. The van der Waals surface area contributed by atoms with E-state index in [2.05, 4.69) is 95.6 Å². The summed E-state index contributed by atoms with van der Waals surface area (Å²) in [6, 6.07) is 0.280. The van der Waals surface area contributed by atoms with Gasteiger partial charge in [-0.3, -0.25) is 23.6 Å². The number of urea groups is 1. The van der Waals surface area contributed by atoms with E-state index in [-0.39, 0.29) is 74.0 Å². The Hall–Kier alpha value is -3.15. The van der Waals surface area contributed by atoms with Gasteiger partial charge in [-0.25, -0.2) is 28.9 Å². The van der Waals surface area contributed by atoms with Gasteiger partial charge in [-0.2, -0.15) is 16.1 Å². The second-order valence-corrected chi connectivity index (χ2v) is 20.8. The molecule has 420 valence electrons. The van der Waals surface area contributed by atoms with E-state index >= 15 is 0 Å². The SMILES string of the molecule is CCN(CC)CC.CCN(CC)CC.Nc1ncnc2c1ncn2C1OC(COP(=O)(O)OP(=O)(O)OC(=O)CCOCCOCCOCCOCCNC(=O)CCCC[C@@H]2SCC3NC(=O)NC32)C(O)C1O. The van der Waals surface area contributed by atoms with Gasteiger partial charge >= 0.3 is 27.6 Å². The summed E-state index contributed by atoms with van der Waals surface area (Å²) in [7, 11) is -10.8. The summed E-state index contributed by atoms with van der Waals surface area (Å²) in [5, 5.41) is 30.0. The summed E-state index contributed by atoms with van der Waals surface area (Å²) in [6.07, 6.45) is -0.976. The maximum atomic E-state index is 12.4. The summed E-state index contributed by atoms with van der Waals surface area (Å²) < 4.78 is 65.9. The van der Waals surface area contributed by atoms with E-state index in [1.165, 1.54) is 50.2 Å². The molecule has 2 aromatic rings. The minimum Gasteiger partial charge on any atom is -0.387 e. The molecule has 0 spiro atoms. The number of carbonyl (C=O) groups excluding carboxylic acids is 3. The molecule has 2 aromatic heterocycles. The molecular formula is C43H80N10O17P2S. The predicted octanol–water partition coefficient (Wildman–Crippen LogP) is 1.80. The number of hydrogen-bond donors (Lipinski definition) is 8. The zero-order valence-electron chi connectivity index (χ0n) is 42.9. The minimum atomic E-state index is -5.46. The molecule has 5 rings (SSSR count). The highest BCUT2D eigenvalue weighted by Gasteiger charge is 2.47. The van der Waals surface area contributed by atoms with Crippen LogP contribution in [0.2, 0.25) is 0 Å². The highest BCUT2D eigenvalue weighted by atomic mass is 32.2. The number of rotatable bonds is 33. The molecule has 3 aliphatic heterocycles. The summed E-state index contributed by atoms with van der Waals surface area (Å²) >= 11 is 1.86. The molecule has 27 nitrogen and oxygen atoms in total. The van der Waals surface area contributed by atoms with Crippen LogP contribution in [0.25, 0.3) is 11.2 Å². The molecule has 3 fully saturated rings. The van der Waals surface area contributed by atoms with Crippen LogP contribution in [0.1, 0.15) is 79.9 Å². The van der Waals surface area contributed by atoms with E-state index in [0.29, 0.717) is 38.0 Å². The number of phosphoric ester groups is 2. The summed E-state index contributed by atoms with van der Waals surface area (Å²) in [5.74, 6) is -0.338. The normalized spacial score (nSPS) is 22.9. The number of imidazole rings is 1. The van der Waals surface area contributed by atoms with Crippen LogP contribution in [0.5, 0.6) is 0 Å². The number of anilines is 1. The largest absolute Gasteiger partial charge is 0.538 e. The number of aromatic nitrogens is 4. The number of aliphatic hydroxyl groups is 2. The molecule has 5 heterocycles. The van der Waals surface area contributed by atoms with Gasteiger partial charge in [0.15, 0.2) is 17.7 Å². The van der Waals surface area contributed by atoms with Crippen LogP contribution < -0.4 is 21.7 Å². The Morgan fingerprint density at radius 3 is 2.00 bits per heavy atom. The number of nitrogens with zero attached hydrogens (tertiary/aromatic N) is 6. The molecule has 30 heteroatoms. The molecule has 0 saturated carbocycles. The number of hydrogen-bond acceptors (Lipinski definition) is 22. The van der Waals surface area contributed by atoms with Crippen molar-refractivity contribution in [1.82, 2.24) is 45.3 Å². The lowest BCUT2D eigenvalue weighted by atomic mass is 10.0. The molecule has 73 heavy (non-hydrogen) atoms. The number of phosphoric acid groups is 2. The number of unbranched alkanes of at least 4 members (excludes halogenated alkanes) is 1. The maximum absolute atomic E-state index is 12.4. The number of nitrogens with two attached hydrogens (primary N) is 1. The summed E-state index contributed by atoms with van der Waals surface area (Å²) in [5.41, 5.74) is 6.13. The molecule has 0 aliphatic carbocycles. The van der Waals surface area contributed by atoms with Crippen LogP contribution in [-0.4, -0.2) is 214 Å². The van der Waals surface area contributed by atoms with Crippen molar-refractivity contribution in [1.29, 1.82) is 0 Å². The lowest BCUT2D eigenvalue weighted by Crippen LogP contribution is -2.36. The number of ether oxygens (including phenoxy) is 5. The molecule has 9 N–H and O–H groups in total. The summed E-state index contributed by atoms with van der Waals surface area (Å²) in [6.45, 7) is 21.3. The van der Waals surface area contributed by atoms with Crippen LogP contribution >= 0.6 is 27.4 Å². The number of fused-ring (bicyclic) bond motifs is 2. The van der Waals surface area contributed by atoms with Crippen molar-refractivity contribution in [3.63, 3.8) is 0 Å². The fraction of sp³-hybridized carbons (Fsp3) is 0.814. The van der Waals surface area contributed by atoms with Crippen molar-refractivity contribution in [3.05, 3.63) is 12.7 Å². The van der Waals surface area contributed by atoms with Crippen molar-refractivity contribution in [3.8, 4) is 0 Å². The Kier molecular flexibility index (Phi) is 30.3. The Morgan fingerprint density at radius 2 is 1.41 bits per heavy atom. The van der Waals surface area contributed by atoms with Crippen LogP contribution in [-0.2, 0) is 55.8 Å². The van der Waals surface area contributed by atoms with Gasteiger partial charge in [-0.05, 0) is 52.1 Å². The molecule has 3 amide bonds. The first-order valence-corrected chi connectivity index (χ1v) is 28.9. The van der Waals surface area contributed by atoms with Gasteiger partial charge in [0.05, 0.1) is 84.3 Å². The Balaban J connectivity index is 0.000000878. The first-order valence-electron chi connectivity index (χ1n) is 24.8. The van der Waals surface area contributed by atoms with Crippen molar-refractivity contribution in [2.75, 3.05) is 117 Å². The van der Waals surface area contributed by atoms with Crippen molar-refractivity contribution < 1.29 is 80.6 Å². The van der Waals surface area contributed by atoms with Crippen molar-refractivity contribution in [2.45, 2.75) is 116 Å². The third-order valence-electron chi connectivity index (χ3n) is 11.7. The Labute approximate surface area is 431 Å². The lowest BCUT2D eigenvalue weighted by molar-refractivity contribution is -0.137. The van der Waals surface area contributed by atoms with Gasteiger partial charge in [0, 0.05) is 24.0 Å². The number of nitrogen functional groups attached to an aromatic ring is 1. The lowest BCUT2D eigenvalue weighted by Gasteiger charge is -2.19. The van der Waals surface area contributed by atoms with E-state index in [0.717, 1.165) is 31.3 Å². The predicted molar refractivity (Wildman–Crippen MR) is 270 cm³/mol. The highest BCUT2D eigenvalue weighted by molar-refractivity contribution is 8.00. The molecule has 8 unspecified atom stereocenters. The summed E-state index contributed by atoms with van der Waals surface area (Å²) in [4.78, 5) is 71.9. The smallest absolute Gasteiger partial charge is 0.387 e. The van der Waals surface area contributed by atoms with Gasteiger partial charge in [0.1, 0.15) is 30.2 Å². The Morgan fingerprint density at radius 1 is 0.822 bits per heavy atom. The van der Waals surface area contributed by atoms with Crippen molar-refractivity contribution >= 4 is 62.3 Å². The first kappa shape index (κ1) is 64.1. The molecule has 3 saturated heterocycles. The topological polar surface area (TPSA) is 352 Å². The monoisotopic (exact) mass is 1100 g/mol. The molecule has 0 aromatic carbocycles. The third-order valence-corrected chi connectivity index (χ3v) is 15.8. The van der Waals surface area contributed by atoms with Crippen LogP contribution in [0, 0.1) is 0 Å². The van der Waals surface area contributed by atoms with Crippen molar-refractivity contribution in [2.24, 2.45) is 0 Å². The first-order chi connectivity index (χ1) is 34.9. The Bertz CT molecular complexity index is 1990. The molecule has 0 bridgehead atoms. The fourth-order valence-electron chi connectivity index (χ4n) is 7.55. The van der Waals surface area contributed by atoms with E-state index in [1.54, 1.807) is 0 Å². The number of amides is 3. The number of thioether (sulfide) groups is 1. The van der Waals surface area contributed by atoms with E-state index in [9.17, 15) is 43.5 Å². The van der Waals surface area contributed by atoms with Gasteiger partial charge in [0.2, 0.25) is 5.91 Å². The standard InChI is InChI=1S/C31H50N8O17P2S.2C6H15N/c32-28-25-29(35-17-34-28)39(18-36-25)30-27(43)26(42)20(54-30)15-53-57(45,46)56-58(47,48)55-23(41)5-7-49-9-11-51-13-14-52-12-10-50-8-6-33-22(40)4-2-1-3-21-24-19(16-59-21)37-31(44)38-24;2*1-4-7(5-2)6-3/h17-21,24,26-27,30,42-43H,1-16H2,(H,33,40)(H,45,46)(H,47,48)(H2,32,34,35)(H2,37,38,44);2*4-6H2,1-3H3/t19?,20?,21-,24?,26?,27?,30?;;/m0../s1. The van der Waals surface area contributed by atoms with Gasteiger partial charge in [-0.1, -0.05) is 48.0 Å². The van der Waals surface area contributed by atoms with Gasteiger partial charge in [-0.15, -0.1) is 0 Å². The second kappa shape index (κ2) is 34.5. The average Bonchev–Trinajstić information content (AvgIpc) is 4.12. The quantitative estimate of drug-likeness (QED) is 0.0287.